The van der Waals surface area contributed by atoms with E-state index in [1.165, 1.54) is 11.3 Å². The smallest absolute Gasteiger partial charge is 0.260 e. The third-order valence-electron chi connectivity index (χ3n) is 5.06. The highest BCUT2D eigenvalue weighted by molar-refractivity contribution is 7.22. The Morgan fingerprint density at radius 2 is 1.49 bits per heavy atom. The van der Waals surface area contributed by atoms with Crippen molar-refractivity contribution in [2.45, 2.75) is 27.7 Å². The highest BCUT2D eigenvalue weighted by Crippen LogP contribution is 2.40. The molecule has 190 valence electrons. The standard InChI is InChI=1S/C26H35N3O5S/c1-7-31-19-11-12-20-23(17-19)35-26(27-20)29(14-13-28(5)6)25(30)18-15-21(32-8-2)24(34-10-4)22(16-18)33-9-3/h11-12,15-17H,7-10,13-14H2,1-6H3. The van der Waals surface area contributed by atoms with Gasteiger partial charge in [0, 0.05) is 18.7 Å². The number of anilines is 1. The summed E-state index contributed by atoms with van der Waals surface area (Å²) in [7, 11) is 3.96. The van der Waals surface area contributed by atoms with Gasteiger partial charge in [-0.15, -0.1) is 0 Å². The summed E-state index contributed by atoms with van der Waals surface area (Å²) in [4.78, 5) is 22.4. The largest absolute Gasteiger partial charge is 0.494 e. The Kier molecular flexibility index (Phi) is 9.56. The lowest BCUT2D eigenvalue weighted by atomic mass is 10.1. The van der Waals surface area contributed by atoms with Gasteiger partial charge in [-0.1, -0.05) is 11.3 Å². The highest BCUT2D eigenvalue weighted by atomic mass is 32.1. The summed E-state index contributed by atoms with van der Waals surface area (Å²) >= 11 is 1.47. The molecule has 0 unspecified atom stereocenters. The number of amides is 1. The second-order valence-electron chi connectivity index (χ2n) is 7.92. The average Bonchev–Trinajstić information content (AvgIpc) is 3.24. The summed E-state index contributed by atoms with van der Waals surface area (Å²) in [5, 5.41) is 0.630. The van der Waals surface area contributed by atoms with Crippen molar-refractivity contribution in [1.82, 2.24) is 9.88 Å². The van der Waals surface area contributed by atoms with Crippen LogP contribution in [-0.4, -0.2) is 69.4 Å². The normalized spacial score (nSPS) is 11.1. The fourth-order valence-corrected chi connectivity index (χ4v) is 4.54. The maximum Gasteiger partial charge on any atom is 0.260 e. The molecule has 9 heteroatoms. The Labute approximate surface area is 211 Å². The molecule has 2 aromatic carbocycles. The SMILES string of the molecule is CCOc1ccc2nc(N(CCN(C)C)C(=O)c3cc(OCC)c(OCC)c(OCC)c3)sc2c1. The second-order valence-corrected chi connectivity index (χ2v) is 8.93. The predicted octanol–water partition coefficient (Wildman–Crippen LogP) is 5.10. The van der Waals surface area contributed by atoms with Gasteiger partial charge in [-0.05, 0) is 72.1 Å². The van der Waals surface area contributed by atoms with Gasteiger partial charge >= 0.3 is 0 Å². The molecule has 0 atom stereocenters. The van der Waals surface area contributed by atoms with E-state index in [0.717, 1.165) is 16.0 Å². The molecule has 0 aliphatic carbocycles. The van der Waals surface area contributed by atoms with Crippen molar-refractivity contribution in [2.24, 2.45) is 0 Å². The molecule has 0 N–H and O–H groups in total. The minimum Gasteiger partial charge on any atom is -0.494 e. The first-order valence-corrected chi connectivity index (χ1v) is 12.8. The number of hydrogen-bond donors (Lipinski definition) is 0. The summed E-state index contributed by atoms with van der Waals surface area (Å²) < 4.78 is 24.0. The van der Waals surface area contributed by atoms with Crippen LogP contribution in [0.2, 0.25) is 0 Å². The molecule has 0 saturated heterocycles. The van der Waals surface area contributed by atoms with Gasteiger partial charge in [0.05, 0.1) is 36.6 Å². The molecule has 1 heterocycles. The summed E-state index contributed by atoms with van der Waals surface area (Å²) in [5.74, 6) is 2.09. The van der Waals surface area contributed by atoms with Crippen molar-refractivity contribution >= 4 is 32.6 Å². The van der Waals surface area contributed by atoms with Crippen LogP contribution in [-0.2, 0) is 0 Å². The Morgan fingerprint density at radius 3 is 2.06 bits per heavy atom. The van der Waals surface area contributed by atoms with E-state index in [1.54, 1.807) is 17.0 Å². The van der Waals surface area contributed by atoms with E-state index in [9.17, 15) is 4.79 Å². The van der Waals surface area contributed by atoms with E-state index in [2.05, 4.69) is 0 Å². The fraction of sp³-hybridized carbons (Fsp3) is 0.462. The van der Waals surface area contributed by atoms with Crippen LogP contribution in [0.4, 0.5) is 5.13 Å². The van der Waals surface area contributed by atoms with Gasteiger partial charge in [0.15, 0.2) is 16.6 Å². The quantitative estimate of drug-likeness (QED) is 0.323. The first-order valence-electron chi connectivity index (χ1n) is 12.0. The maximum atomic E-state index is 13.9. The number of fused-ring (bicyclic) bond motifs is 1. The highest BCUT2D eigenvalue weighted by Gasteiger charge is 2.25. The van der Waals surface area contributed by atoms with Crippen molar-refractivity contribution in [3.63, 3.8) is 0 Å². The van der Waals surface area contributed by atoms with Crippen molar-refractivity contribution in [3.05, 3.63) is 35.9 Å². The van der Waals surface area contributed by atoms with E-state index in [1.807, 2.05) is 64.9 Å². The molecular formula is C26H35N3O5S. The molecule has 0 fully saturated rings. The van der Waals surface area contributed by atoms with Crippen LogP contribution in [0.3, 0.4) is 0 Å². The summed E-state index contributed by atoms with van der Waals surface area (Å²) in [6.07, 6.45) is 0. The van der Waals surface area contributed by atoms with Crippen LogP contribution in [0.25, 0.3) is 10.2 Å². The van der Waals surface area contributed by atoms with Gasteiger partial charge in [0.25, 0.3) is 5.91 Å². The van der Waals surface area contributed by atoms with Crippen LogP contribution >= 0.6 is 11.3 Å². The lowest BCUT2D eigenvalue weighted by Gasteiger charge is -2.23. The molecule has 0 aliphatic rings. The second kappa shape index (κ2) is 12.6. The van der Waals surface area contributed by atoms with Crippen LogP contribution in [0.1, 0.15) is 38.1 Å². The van der Waals surface area contributed by atoms with Crippen LogP contribution in [0.15, 0.2) is 30.3 Å². The molecule has 0 spiro atoms. The maximum absolute atomic E-state index is 13.9. The first kappa shape index (κ1) is 26.6. The van der Waals surface area contributed by atoms with Crippen LogP contribution in [0, 0.1) is 0 Å². The Hall–Kier alpha value is -3.04. The van der Waals surface area contributed by atoms with Crippen molar-refractivity contribution in [3.8, 4) is 23.0 Å². The first-order chi connectivity index (χ1) is 16.9. The number of ether oxygens (including phenoxy) is 4. The Morgan fingerprint density at radius 1 is 0.857 bits per heavy atom. The zero-order chi connectivity index (χ0) is 25.4. The summed E-state index contributed by atoms with van der Waals surface area (Å²) in [6.45, 7) is 10.7. The third-order valence-corrected chi connectivity index (χ3v) is 6.10. The van der Waals surface area contributed by atoms with E-state index < -0.39 is 0 Å². The predicted molar refractivity (Wildman–Crippen MR) is 141 cm³/mol. The van der Waals surface area contributed by atoms with Crippen molar-refractivity contribution < 1.29 is 23.7 Å². The lowest BCUT2D eigenvalue weighted by Crippen LogP contribution is -2.36. The lowest BCUT2D eigenvalue weighted by molar-refractivity contribution is 0.0984. The van der Waals surface area contributed by atoms with E-state index in [0.29, 0.717) is 67.5 Å². The minimum absolute atomic E-state index is 0.180. The van der Waals surface area contributed by atoms with E-state index in [-0.39, 0.29) is 5.91 Å². The van der Waals surface area contributed by atoms with E-state index >= 15 is 0 Å². The molecule has 35 heavy (non-hydrogen) atoms. The van der Waals surface area contributed by atoms with Crippen LogP contribution in [0.5, 0.6) is 23.0 Å². The summed E-state index contributed by atoms with van der Waals surface area (Å²) in [6, 6.07) is 9.24. The molecule has 3 rings (SSSR count). The molecule has 1 amide bonds. The van der Waals surface area contributed by atoms with Gasteiger partial charge < -0.3 is 23.8 Å². The van der Waals surface area contributed by atoms with Gasteiger partial charge in [-0.2, -0.15) is 0 Å². The van der Waals surface area contributed by atoms with Crippen molar-refractivity contribution in [1.29, 1.82) is 0 Å². The summed E-state index contributed by atoms with van der Waals surface area (Å²) in [5.41, 5.74) is 1.28. The number of carbonyl (C=O) groups is 1. The minimum atomic E-state index is -0.180. The van der Waals surface area contributed by atoms with Gasteiger partial charge in [0.1, 0.15) is 5.75 Å². The molecule has 0 saturated carbocycles. The van der Waals surface area contributed by atoms with E-state index in [4.69, 9.17) is 23.9 Å². The zero-order valence-electron chi connectivity index (χ0n) is 21.4. The number of rotatable bonds is 13. The molecule has 0 radical (unpaired) electrons. The topological polar surface area (TPSA) is 73.4 Å². The molecular weight excluding hydrogens is 466 g/mol. The zero-order valence-corrected chi connectivity index (χ0v) is 22.2. The van der Waals surface area contributed by atoms with Gasteiger partial charge in [-0.25, -0.2) is 4.98 Å². The number of benzene rings is 2. The average molecular weight is 502 g/mol. The van der Waals surface area contributed by atoms with Crippen molar-refractivity contribution in [2.75, 3.05) is 58.5 Å². The number of hydrogen-bond acceptors (Lipinski definition) is 8. The number of likely N-dealkylation sites (N-methyl/N-ethyl adjacent to an activating group) is 1. The van der Waals surface area contributed by atoms with Gasteiger partial charge in [-0.3, -0.25) is 9.69 Å². The third kappa shape index (κ3) is 6.55. The molecule has 1 aromatic heterocycles. The van der Waals surface area contributed by atoms with Gasteiger partial charge in [0.2, 0.25) is 5.75 Å². The van der Waals surface area contributed by atoms with Crippen LogP contribution < -0.4 is 23.8 Å². The Bertz CT molecular complexity index is 1100. The fourth-order valence-electron chi connectivity index (χ4n) is 3.52. The molecule has 3 aromatic rings. The number of nitrogens with zero attached hydrogens (tertiary/aromatic N) is 3. The number of aromatic nitrogens is 1. The monoisotopic (exact) mass is 501 g/mol. The Balaban J connectivity index is 2.05. The number of thiazole rings is 1. The molecule has 0 bridgehead atoms. The molecule has 8 nitrogen and oxygen atoms in total. The molecule has 0 aliphatic heterocycles. The number of carbonyl (C=O) groups excluding carboxylic acids is 1.